The van der Waals surface area contributed by atoms with Crippen LogP contribution < -0.4 is 0 Å². The second kappa shape index (κ2) is 9.12. The van der Waals surface area contributed by atoms with Gasteiger partial charge in [-0.15, -0.1) is 0 Å². The third-order valence-electron chi connectivity index (χ3n) is 2.25. The molecule has 114 valence electrons. The van der Waals surface area contributed by atoms with E-state index < -0.39 is 11.9 Å². The molecule has 0 aromatic carbocycles. The molecular formula is C14H23NO5. The molecule has 0 saturated heterocycles. The summed E-state index contributed by atoms with van der Waals surface area (Å²) in [7, 11) is 1.64. The molecule has 0 aliphatic rings. The highest BCUT2D eigenvalue weighted by Crippen LogP contribution is 1.98. The molecule has 0 aromatic heterocycles. The highest BCUT2D eigenvalue weighted by molar-refractivity contribution is 5.91. The van der Waals surface area contributed by atoms with Crippen LogP contribution in [0.3, 0.4) is 0 Å². The monoisotopic (exact) mass is 285 g/mol. The molecule has 0 saturated carbocycles. The van der Waals surface area contributed by atoms with E-state index in [1.165, 1.54) is 4.90 Å². The minimum atomic E-state index is -0.642. The van der Waals surface area contributed by atoms with Crippen molar-refractivity contribution in [3.05, 3.63) is 12.2 Å². The molecule has 0 spiro atoms. The lowest BCUT2D eigenvalue weighted by atomic mass is 10.2. The summed E-state index contributed by atoms with van der Waals surface area (Å²) in [5.41, 5.74) is 0. The molecule has 0 atom stereocenters. The van der Waals surface area contributed by atoms with E-state index in [1.54, 1.807) is 34.7 Å². The van der Waals surface area contributed by atoms with Gasteiger partial charge in [-0.25, -0.2) is 9.59 Å². The van der Waals surface area contributed by atoms with Crippen molar-refractivity contribution in [2.45, 2.75) is 33.8 Å². The number of esters is 2. The summed E-state index contributed by atoms with van der Waals surface area (Å²) < 4.78 is 9.69. The molecule has 0 aliphatic heterocycles. The number of ether oxygens (including phenoxy) is 2. The van der Waals surface area contributed by atoms with Gasteiger partial charge in [-0.3, -0.25) is 4.79 Å². The summed E-state index contributed by atoms with van der Waals surface area (Å²) in [5.74, 6) is -1.35. The third-order valence-corrected chi connectivity index (χ3v) is 2.25. The Hall–Kier alpha value is -1.85. The van der Waals surface area contributed by atoms with E-state index in [-0.39, 0.29) is 24.5 Å². The Bertz CT molecular complexity index is 374. The predicted molar refractivity (Wildman–Crippen MR) is 73.8 cm³/mol. The summed E-state index contributed by atoms with van der Waals surface area (Å²) in [6.45, 7) is 7.42. The van der Waals surface area contributed by atoms with Gasteiger partial charge in [-0.05, 0) is 13.8 Å². The number of nitrogens with zero attached hydrogens (tertiary/aromatic N) is 1. The maximum absolute atomic E-state index is 11.5. The van der Waals surface area contributed by atoms with Crippen molar-refractivity contribution >= 4 is 17.8 Å². The molecule has 0 rings (SSSR count). The van der Waals surface area contributed by atoms with Crippen molar-refractivity contribution in [1.82, 2.24) is 4.90 Å². The maximum atomic E-state index is 11.5. The van der Waals surface area contributed by atoms with Gasteiger partial charge in [-0.2, -0.15) is 0 Å². The Morgan fingerprint density at radius 2 is 1.60 bits per heavy atom. The van der Waals surface area contributed by atoms with Crippen molar-refractivity contribution in [1.29, 1.82) is 0 Å². The number of hydrogen-bond acceptors (Lipinski definition) is 5. The number of likely N-dealkylation sites (N-methyl/N-ethyl adjacent to an activating group) is 1. The molecule has 0 bridgehead atoms. The number of hydrogen-bond donors (Lipinski definition) is 0. The summed E-state index contributed by atoms with van der Waals surface area (Å²) in [4.78, 5) is 35.5. The molecule has 0 unspecified atom stereocenters. The van der Waals surface area contributed by atoms with Crippen molar-refractivity contribution in [3.63, 3.8) is 0 Å². The van der Waals surface area contributed by atoms with Crippen molar-refractivity contribution in [2.75, 3.05) is 20.2 Å². The Morgan fingerprint density at radius 3 is 2.10 bits per heavy atom. The lowest BCUT2D eigenvalue weighted by Gasteiger charge is -2.18. The normalized spacial score (nSPS) is 10.9. The zero-order valence-electron chi connectivity index (χ0n) is 12.7. The SMILES string of the molecule is CC(C)OC(=O)/C=C/C(=O)OCCN(C)C(=O)C(C)C. The van der Waals surface area contributed by atoms with E-state index in [1.807, 2.05) is 0 Å². The predicted octanol–water partition coefficient (Wildman–Crippen LogP) is 1.15. The molecule has 1 amide bonds. The highest BCUT2D eigenvalue weighted by Gasteiger charge is 2.12. The van der Waals surface area contributed by atoms with Gasteiger partial charge in [0.05, 0.1) is 12.6 Å². The van der Waals surface area contributed by atoms with E-state index in [4.69, 9.17) is 9.47 Å². The van der Waals surface area contributed by atoms with Crippen LogP contribution in [0.4, 0.5) is 0 Å². The van der Waals surface area contributed by atoms with E-state index in [2.05, 4.69) is 0 Å². The molecule has 0 aliphatic carbocycles. The molecular weight excluding hydrogens is 262 g/mol. The first-order valence-corrected chi connectivity index (χ1v) is 6.54. The van der Waals surface area contributed by atoms with Gasteiger partial charge in [0.1, 0.15) is 6.61 Å². The number of carbonyl (C=O) groups is 3. The summed E-state index contributed by atoms with van der Waals surface area (Å²) in [5, 5.41) is 0. The molecule has 0 N–H and O–H groups in total. The van der Waals surface area contributed by atoms with Crippen LogP contribution in [0.5, 0.6) is 0 Å². The number of amides is 1. The van der Waals surface area contributed by atoms with Crippen LogP contribution in [0.15, 0.2) is 12.2 Å². The molecule has 0 aromatic rings. The van der Waals surface area contributed by atoms with Crippen LogP contribution in [0, 0.1) is 5.92 Å². The first-order valence-electron chi connectivity index (χ1n) is 6.54. The Labute approximate surface area is 119 Å². The molecule has 20 heavy (non-hydrogen) atoms. The minimum Gasteiger partial charge on any atom is -0.461 e. The summed E-state index contributed by atoms with van der Waals surface area (Å²) in [6.07, 6.45) is 1.79. The van der Waals surface area contributed by atoms with Crippen molar-refractivity contribution in [2.24, 2.45) is 5.92 Å². The fraction of sp³-hybridized carbons (Fsp3) is 0.643. The molecule has 0 heterocycles. The quantitative estimate of drug-likeness (QED) is 0.518. The van der Waals surface area contributed by atoms with Gasteiger partial charge >= 0.3 is 11.9 Å². The lowest BCUT2D eigenvalue weighted by molar-refractivity contribution is -0.143. The first kappa shape index (κ1) is 18.1. The Morgan fingerprint density at radius 1 is 1.05 bits per heavy atom. The lowest BCUT2D eigenvalue weighted by Crippen LogP contribution is -2.33. The van der Waals surface area contributed by atoms with Crippen LogP contribution in [-0.4, -0.2) is 49.0 Å². The topological polar surface area (TPSA) is 72.9 Å². The van der Waals surface area contributed by atoms with Crippen LogP contribution in [0.25, 0.3) is 0 Å². The van der Waals surface area contributed by atoms with Crippen molar-refractivity contribution in [3.8, 4) is 0 Å². The zero-order chi connectivity index (χ0) is 15.7. The average molecular weight is 285 g/mol. The van der Waals surface area contributed by atoms with Gasteiger partial charge < -0.3 is 14.4 Å². The second-order valence-corrected chi connectivity index (χ2v) is 4.90. The molecule has 6 heteroatoms. The van der Waals surface area contributed by atoms with Crippen molar-refractivity contribution < 1.29 is 23.9 Å². The van der Waals surface area contributed by atoms with Crippen LogP contribution in [-0.2, 0) is 23.9 Å². The van der Waals surface area contributed by atoms with E-state index >= 15 is 0 Å². The van der Waals surface area contributed by atoms with Crippen LogP contribution >= 0.6 is 0 Å². The van der Waals surface area contributed by atoms with Gasteiger partial charge in [-0.1, -0.05) is 13.8 Å². The van der Waals surface area contributed by atoms with Crippen LogP contribution in [0.1, 0.15) is 27.7 Å². The third kappa shape index (κ3) is 8.29. The number of rotatable bonds is 7. The fourth-order valence-corrected chi connectivity index (χ4v) is 1.29. The van der Waals surface area contributed by atoms with E-state index in [9.17, 15) is 14.4 Å². The Balaban J connectivity index is 3.97. The van der Waals surface area contributed by atoms with E-state index in [0.717, 1.165) is 12.2 Å². The highest BCUT2D eigenvalue weighted by atomic mass is 16.5. The second-order valence-electron chi connectivity index (χ2n) is 4.90. The summed E-state index contributed by atoms with van der Waals surface area (Å²) in [6, 6.07) is 0. The van der Waals surface area contributed by atoms with Gasteiger partial charge in [0, 0.05) is 25.1 Å². The average Bonchev–Trinajstić information content (AvgIpc) is 2.34. The minimum absolute atomic E-state index is 0.0166. The molecule has 0 fully saturated rings. The van der Waals surface area contributed by atoms with Crippen LogP contribution in [0.2, 0.25) is 0 Å². The molecule has 6 nitrogen and oxygen atoms in total. The summed E-state index contributed by atoms with van der Waals surface area (Å²) >= 11 is 0. The standard InChI is InChI=1S/C14H23NO5/c1-10(2)14(18)15(5)8-9-19-12(16)6-7-13(17)20-11(3)4/h6-7,10-11H,8-9H2,1-5H3/b7-6+. The first-order chi connectivity index (χ1) is 9.23. The fourth-order valence-electron chi connectivity index (χ4n) is 1.29. The van der Waals surface area contributed by atoms with Gasteiger partial charge in [0.2, 0.25) is 5.91 Å². The smallest absolute Gasteiger partial charge is 0.331 e. The zero-order valence-corrected chi connectivity index (χ0v) is 12.7. The largest absolute Gasteiger partial charge is 0.461 e. The van der Waals surface area contributed by atoms with Gasteiger partial charge in [0.25, 0.3) is 0 Å². The Kier molecular flexibility index (Phi) is 8.27. The number of carbonyl (C=O) groups excluding carboxylic acids is 3. The maximum Gasteiger partial charge on any atom is 0.331 e. The van der Waals surface area contributed by atoms with Gasteiger partial charge in [0.15, 0.2) is 0 Å². The molecule has 0 radical (unpaired) electrons. The van der Waals surface area contributed by atoms with E-state index in [0.29, 0.717) is 6.54 Å².